The average Bonchev–Trinajstić information content (AvgIpc) is 3.03. The van der Waals surface area contributed by atoms with Crippen LogP contribution in [0.15, 0.2) is 47.1 Å². The zero-order chi connectivity index (χ0) is 19.4. The Bertz CT molecular complexity index is 769. The fraction of sp³-hybridized carbons (Fsp3) is 0.500. The van der Waals surface area contributed by atoms with Gasteiger partial charge in [-0.1, -0.05) is 24.8 Å². The highest BCUT2D eigenvalue weighted by Gasteiger charge is 2.58. The molecule has 0 amide bonds. The Morgan fingerprint density at radius 3 is 2.73 bits per heavy atom. The maximum absolute atomic E-state index is 12.3. The quantitative estimate of drug-likeness (QED) is 0.574. The highest BCUT2D eigenvalue weighted by atomic mass is 16.6. The van der Waals surface area contributed by atoms with Crippen molar-refractivity contribution in [2.45, 2.75) is 51.6 Å². The summed E-state index contributed by atoms with van der Waals surface area (Å²) in [6.07, 6.45) is 2.07. The summed E-state index contributed by atoms with van der Waals surface area (Å²) in [4.78, 5) is 24.4. The topological polar surface area (TPSA) is 93.1 Å². The van der Waals surface area contributed by atoms with E-state index in [0.717, 1.165) is 0 Å². The van der Waals surface area contributed by atoms with E-state index in [0.29, 0.717) is 16.7 Å². The standard InChI is InChI=1S/C20H24O6/c1-6-9(2)18(22)25-16-10(3)12-7-8-20(5,24)14(12)17-13(15(16)21)11(4)19(23)26-17/h6-8,13-17,21,24H,4H2,1-3,5H3/b9-6-/t13-,14+,15-,16-,17+,20-/m1/s1. The van der Waals surface area contributed by atoms with Crippen molar-refractivity contribution in [2.24, 2.45) is 11.8 Å². The number of rotatable bonds is 2. The lowest BCUT2D eigenvalue weighted by Gasteiger charge is -2.33. The van der Waals surface area contributed by atoms with Gasteiger partial charge in [0.05, 0.1) is 17.4 Å². The van der Waals surface area contributed by atoms with Crippen molar-refractivity contribution >= 4 is 11.9 Å². The minimum Gasteiger partial charge on any atom is -0.457 e. The maximum atomic E-state index is 12.3. The Labute approximate surface area is 152 Å². The second-order valence-corrected chi connectivity index (χ2v) is 7.38. The largest absolute Gasteiger partial charge is 0.457 e. The van der Waals surface area contributed by atoms with Crippen LogP contribution in [0.1, 0.15) is 27.7 Å². The summed E-state index contributed by atoms with van der Waals surface area (Å²) in [7, 11) is 0. The lowest BCUT2D eigenvalue weighted by molar-refractivity contribution is -0.152. The molecule has 26 heavy (non-hydrogen) atoms. The van der Waals surface area contributed by atoms with Crippen molar-refractivity contribution in [3.05, 3.63) is 47.1 Å². The van der Waals surface area contributed by atoms with Crippen molar-refractivity contribution in [3.63, 3.8) is 0 Å². The highest BCUT2D eigenvalue weighted by Crippen LogP contribution is 2.49. The summed E-state index contributed by atoms with van der Waals surface area (Å²) in [5.41, 5.74) is 0.636. The molecular weight excluding hydrogens is 336 g/mol. The lowest BCUT2D eigenvalue weighted by Crippen LogP contribution is -2.45. The average molecular weight is 360 g/mol. The predicted octanol–water partition coefficient (Wildman–Crippen LogP) is 1.59. The van der Waals surface area contributed by atoms with Crippen LogP contribution in [0.2, 0.25) is 0 Å². The van der Waals surface area contributed by atoms with Crippen LogP contribution in [0.3, 0.4) is 0 Å². The van der Waals surface area contributed by atoms with Crippen LogP contribution in [0.25, 0.3) is 0 Å². The fourth-order valence-corrected chi connectivity index (χ4v) is 4.04. The number of esters is 2. The van der Waals surface area contributed by atoms with Gasteiger partial charge in [-0.2, -0.15) is 0 Å². The second-order valence-electron chi connectivity index (χ2n) is 7.38. The molecule has 6 heteroatoms. The molecule has 0 aromatic heterocycles. The van der Waals surface area contributed by atoms with Gasteiger partial charge >= 0.3 is 11.9 Å². The Morgan fingerprint density at radius 1 is 1.46 bits per heavy atom. The number of aliphatic hydroxyl groups excluding tert-OH is 1. The number of hydrogen-bond acceptors (Lipinski definition) is 6. The Balaban J connectivity index is 2.10. The van der Waals surface area contributed by atoms with Crippen LogP contribution in [0.5, 0.6) is 0 Å². The van der Waals surface area contributed by atoms with Crippen molar-refractivity contribution < 1.29 is 29.3 Å². The van der Waals surface area contributed by atoms with E-state index in [-0.39, 0.29) is 5.57 Å². The van der Waals surface area contributed by atoms with Gasteiger partial charge in [0, 0.05) is 11.1 Å². The molecule has 6 nitrogen and oxygen atoms in total. The first-order valence-electron chi connectivity index (χ1n) is 8.64. The first-order valence-corrected chi connectivity index (χ1v) is 8.64. The first-order chi connectivity index (χ1) is 12.1. The second kappa shape index (κ2) is 6.21. The zero-order valence-corrected chi connectivity index (χ0v) is 15.4. The molecule has 3 aliphatic rings. The van der Waals surface area contributed by atoms with Crippen LogP contribution in [-0.4, -0.2) is 46.1 Å². The number of fused-ring (bicyclic) bond motifs is 3. The molecule has 0 aromatic rings. The van der Waals surface area contributed by atoms with E-state index in [4.69, 9.17) is 9.47 Å². The first kappa shape index (κ1) is 18.6. The summed E-state index contributed by atoms with van der Waals surface area (Å²) in [5.74, 6) is -2.47. The van der Waals surface area contributed by atoms with Crippen LogP contribution >= 0.6 is 0 Å². The third-order valence-electron chi connectivity index (χ3n) is 5.70. The van der Waals surface area contributed by atoms with E-state index >= 15 is 0 Å². The third-order valence-corrected chi connectivity index (χ3v) is 5.70. The van der Waals surface area contributed by atoms with Crippen LogP contribution in [0.4, 0.5) is 0 Å². The molecule has 6 atom stereocenters. The van der Waals surface area contributed by atoms with E-state index in [9.17, 15) is 19.8 Å². The monoisotopic (exact) mass is 360 g/mol. The molecule has 1 heterocycles. The number of carbonyl (C=O) groups is 2. The molecular formula is C20H24O6. The van der Waals surface area contributed by atoms with Gasteiger partial charge in [-0.05, 0) is 38.8 Å². The summed E-state index contributed by atoms with van der Waals surface area (Å²) >= 11 is 0. The minimum atomic E-state index is -1.25. The maximum Gasteiger partial charge on any atom is 0.334 e. The van der Waals surface area contributed by atoms with Crippen molar-refractivity contribution in [3.8, 4) is 0 Å². The van der Waals surface area contributed by atoms with E-state index in [1.54, 1.807) is 45.9 Å². The van der Waals surface area contributed by atoms with Gasteiger partial charge in [-0.25, -0.2) is 9.59 Å². The Morgan fingerprint density at radius 2 is 2.12 bits per heavy atom. The number of ether oxygens (including phenoxy) is 2. The Hall–Kier alpha value is -2.18. The molecule has 0 aromatic carbocycles. The molecule has 2 N–H and O–H groups in total. The molecule has 0 unspecified atom stereocenters. The van der Waals surface area contributed by atoms with Gasteiger partial charge in [0.25, 0.3) is 0 Å². The molecule has 1 aliphatic heterocycles. The van der Waals surface area contributed by atoms with Gasteiger partial charge in [0.1, 0.15) is 12.2 Å². The Kier molecular flexibility index (Phi) is 4.45. The number of aliphatic hydroxyl groups is 2. The third kappa shape index (κ3) is 2.64. The summed E-state index contributed by atoms with van der Waals surface area (Å²) < 4.78 is 11.0. The van der Waals surface area contributed by atoms with Crippen LogP contribution in [0, 0.1) is 11.8 Å². The summed E-state index contributed by atoms with van der Waals surface area (Å²) in [5, 5.41) is 21.8. The smallest absolute Gasteiger partial charge is 0.334 e. The lowest BCUT2D eigenvalue weighted by atomic mass is 9.78. The fourth-order valence-electron chi connectivity index (χ4n) is 4.04. The SMILES string of the molecule is C=C1C(=O)O[C@H]2[C@H]1[C@@H](O)[C@H](OC(=O)/C(C)=C\C)C(C)=C1C=C[C@@](C)(O)[C@@H]12. The van der Waals surface area contributed by atoms with Gasteiger partial charge in [-0.3, -0.25) is 0 Å². The van der Waals surface area contributed by atoms with E-state index in [1.165, 1.54) is 0 Å². The molecule has 0 radical (unpaired) electrons. The number of allylic oxidation sites excluding steroid dienone is 2. The zero-order valence-electron chi connectivity index (χ0n) is 15.4. The predicted molar refractivity (Wildman–Crippen MR) is 93.8 cm³/mol. The number of hydrogen-bond donors (Lipinski definition) is 2. The summed E-state index contributed by atoms with van der Waals surface area (Å²) in [6, 6.07) is 0. The molecule has 2 aliphatic carbocycles. The van der Waals surface area contributed by atoms with E-state index < -0.39 is 47.7 Å². The van der Waals surface area contributed by atoms with Gasteiger partial charge in [0.2, 0.25) is 0 Å². The molecule has 1 saturated heterocycles. The molecule has 1 fully saturated rings. The molecule has 0 bridgehead atoms. The van der Waals surface area contributed by atoms with Crippen LogP contribution in [-0.2, 0) is 19.1 Å². The highest BCUT2D eigenvalue weighted by molar-refractivity contribution is 5.91. The van der Waals surface area contributed by atoms with Gasteiger partial charge in [0.15, 0.2) is 6.10 Å². The van der Waals surface area contributed by atoms with Gasteiger partial charge in [-0.15, -0.1) is 0 Å². The van der Waals surface area contributed by atoms with E-state index in [2.05, 4.69) is 6.58 Å². The minimum absolute atomic E-state index is 0.128. The van der Waals surface area contributed by atoms with Crippen molar-refractivity contribution in [1.82, 2.24) is 0 Å². The summed E-state index contributed by atoms with van der Waals surface area (Å²) in [6.45, 7) is 10.5. The van der Waals surface area contributed by atoms with Crippen molar-refractivity contribution in [1.29, 1.82) is 0 Å². The normalized spacial score (nSPS) is 39.5. The molecule has 0 saturated carbocycles. The van der Waals surface area contributed by atoms with Crippen molar-refractivity contribution in [2.75, 3.05) is 0 Å². The van der Waals surface area contributed by atoms with E-state index in [1.807, 2.05) is 0 Å². The molecule has 3 rings (SSSR count). The molecule has 0 spiro atoms. The van der Waals surface area contributed by atoms with Gasteiger partial charge < -0.3 is 19.7 Å². The molecule has 140 valence electrons. The number of carbonyl (C=O) groups excluding carboxylic acids is 2. The van der Waals surface area contributed by atoms with Crippen LogP contribution < -0.4 is 0 Å².